The van der Waals surface area contributed by atoms with Crippen molar-refractivity contribution < 1.29 is 4.79 Å². The summed E-state index contributed by atoms with van der Waals surface area (Å²) in [6.45, 7) is 5.16. The van der Waals surface area contributed by atoms with Crippen molar-refractivity contribution in [3.8, 4) is 0 Å². The van der Waals surface area contributed by atoms with Gasteiger partial charge in [-0.25, -0.2) is 0 Å². The fraction of sp³-hybridized carbons (Fsp3) is 0.588. The standard InChI is InChI=1S/C17H25BrN2O/c1-13(15-4-6-16(18)7-5-15)11-17(21)20-10-8-14-3-2-9-19-12-14/h4-7,13-14,19H,2-3,8-12H2,1H3,(H,20,21). The van der Waals surface area contributed by atoms with E-state index in [1.807, 2.05) is 12.1 Å². The molecule has 1 amide bonds. The molecular formula is C17H25BrN2O. The summed E-state index contributed by atoms with van der Waals surface area (Å²) < 4.78 is 1.07. The summed E-state index contributed by atoms with van der Waals surface area (Å²) in [5.74, 6) is 1.14. The fourth-order valence-electron chi connectivity index (χ4n) is 2.85. The Kier molecular flexibility index (Phi) is 6.71. The molecule has 0 aromatic heterocycles. The Morgan fingerprint density at radius 2 is 2.19 bits per heavy atom. The Morgan fingerprint density at radius 1 is 1.43 bits per heavy atom. The lowest BCUT2D eigenvalue weighted by molar-refractivity contribution is -0.121. The van der Waals surface area contributed by atoms with E-state index in [0.29, 0.717) is 6.42 Å². The van der Waals surface area contributed by atoms with E-state index in [0.717, 1.165) is 36.4 Å². The van der Waals surface area contributed by atoms with Crippen molar-refractivity contribution in [1.29, 1.82) is 0 Å². The van der Waals surface area contributed by atoms with Gasteiger partial charge in [0.2, 0.25) is 5.91 Å². The van der Waals surface area contributed by atoms with E-state index in [1.54, 1.807) is 0 Å². The molecule has 4 heteroatoms. The summed E-state index contributed by atoms with van der Waals surface area (Å²) in [5.41, 5.74) is 1.21. The van der Waals surface area contributed by atoms with Gasteiger partial charge in [-0.2, -0.15) is 0 Å². The molecule has 0 spiro atoms. The number of amides is 1. The Hall–Kier alpha value is -0.870. The second-order valence-corrected chi connectivity index (χ2v) is 6.92. The van der Waals surface area contributed by atoms with Gasteiger partial charge in [0.1, 0.15) is 0 Å². The molecule has 1 saturated heterocycles. The predicted octanol–water partition coefficient (Wildman–Crippen LogP) is 3.45. The normalized spacial score (nSPS) is 20.0. The first kappa shape index (κ1) is 16.5. The van der Waals surface area contributed by atoms with Crippen LogP contribution in [-0.2, 0) is 4.79 Å². The van der Waals surface area contributed by atoms with Crippen LogP contribution < -0.4 is 10.6 Å². The maximum Gasteiger partial charge on any atom is 0.220 e. The third kappa shape index (κ3) is 5.79. The number of benzene rings is 1. The average molecular weight is 353 g/mol. The molecular weight excluding hydrogens is 328 g/mol. The number of hydrogen-bond acceptors (Lipinski definition) is 2. The zero-order chi connectivity index (χ0) is 15.1. The van der Waals surface area contributed by atoms with Crippen molar-refractivity contribution in [3.63, 3.8) is 0 Å². The number of hydrogen-bond donors (Lipinski definition) is 2. The summed E-state index contributed by atoms with van der Waals surface area (Å²) in [6.07, 6.45) is 4.20. The maximum atomic E-state index is 12.0. The van der Waals surface area contributed by atoms with Gasteiger partial charge >= 0.3 is 0 Å². The minimum Gasteiger partial charge on any atom is -0.356 e. The molecule has 0 bridgehead atoms. The molecule has 0 saturated carbocycles. The Morgan fingerprint density at radius 3 is 2.86 bits per heavy atom. The van der Waals surface area contributed by atoms with E-state index in [4.69, 9.17) is 0 Å². The van der Waals surface area contributed by atoms with E-state index < -0.39 is 0 Å². The van der Waals surface area contributed by atoms with Crippen LogP contribution in [0.1, 0.15) is 44.1 Å². The Balaban J connectivity index is 1.67. The monoisotopic (exact) mass is 352 g/mol. The van der Waals surface area contributed by atoms with E-state index in [9.17, 15) is 4.79 Å². The van der Waals surface area contributed by atoms with Gasteiger partial charge in [0, 0.05) is 17.4 Å². The van der Waals surface area contributed by atoms with Crippen molar-refractivity contribution in [2.75, 3.05) is 19.6 Å². The van der Waals surface area contributed by atoms with Gasteiger partial charge in [-0.05, 0) is 61.9 Å². The highest BCUT2D eigenvalue weighted by Gasteiger charge is 2.14. The minimum absolute atomic E-state index is 0.161. The number of rotatable bonds is 6. The summed E-state index contributed by atoms with van der Waals surface area (Å²) in [5, 5.41) is 6.48. The molecule has 0 aliphatic carbocycles. The molecule has 1 aliphatic heterocycles. The van der Waals surface area contributed by atoms with Gasteiger partial charge in [0.15, 0.2) is 0 Å². The SMILES string of the molecule is CC(CC(=O)NCCC1CCCNC1)c1ccc(Br)cc1. The van der Waals surface area contributed by atoms with Gasteiger partial charge in [0.25, 0.3) is 0 Å². The molecule has 2 rings (SSSR count). The lowest BCUT2D eigenvalue weighted by Crippen LogP contribution is -2.33. The summed E-state index contributed by atoms with van der Waals surface area (Å²) in [6, 6.07) is 8.21. The van der Waals surface area contributed by atoms with Crippen molar-refractivity contribution in [3.05, 3.63) is 34.3 Å². The average Bonchev–Trinajstić information content (AvgIpc) is 2.49. The first-order valence-electron chi connectivity index (χ1n) is 7.88. The van der Waals surface area contributed by atoms with Crippen LogP contribution in [0.3, 0.4) is 0 Å². The van der Waals surface area contributed by atoms with Crippen LogP contribution in [0, 0.1) is 5.92 Å². The lowest BCUT2D eigenvalue weighted by atomic mass is 9.96. The topological polar surface area (TPSA) is 41.1 Å². The number of carbonyl (C=O) groups is 1. The number of carbonyl (C=O) groups excluding carboxylic acids is 1. The molecule has 2 unspecified atom stereocenters. The predicted molar refractivity (Wildman–Crippen MR) is 90.4 cm³/mol. The van der Waals surface area contributed by atoms with Crippen molar-refractivity contribution >= 4 is 21.8 Å². The zero-order valence-corrected chi connectivity index (χ0v) is 14.3. The zero-order valence-electron chi connectivity index (χ0n) is 12.7. The fourth-order valence-corrected chi connectivity index (χ4v) is 3.11. The first-order chi connectivity index (χ1) is 10.1. The molecule has 1 aromatic rings. The molecule has 21 heavy (non-hydrogen) atoms. The molecule has 116 valence electrons. The van der Waals surface area contributed by atoms with E-state index in [2.05, 4.69) is 45.6 Å². The van der Waals surface area contributed by atoms with Crippen molar-refractivity contribution in [2.45, 2.75) is 38.5 Å². The van der Waals surface area contributed by atoms with Gasteiger partial charge in [-0.3, -0.25) is 4.79 Å². The van der Waals surface area contributed by atoms with Crippen LogP contribution in [-0.4, -0.2) is 25.5 Å². The maximum absolute atomic E-state index is 12.0. The van der Waals surface area contributed by atoms with E-state index in [-0.39, 0.29) is 11.8 Å². The van der Waals surface area contributed by atoms with E-state index in [1.165, 1.54) is 18.4 Å². The molecule has 2 atom stereocenters. The van der Waals surface area contributed by atoms with Gasteiger partial charge in [-0.1, -0.05) is 35.0 Å². The second-order valence-electron chi connectivity index (χ2n) is 6.01. The van der Waals surface area contributed by atoms with Crippen LogP contribution in [0.15, 0.2) is 28.7 Å². The summed E-state index contributed by atoms with van der Waals surface area (Å²) in [4.78, 5) is 12.0. The van der Waals surface area contributed by atoms with Crippen LogP contribution in [0.2, 0.25) is 0 Å². The van der Waals surface area contributed by atoms with Crippen molar-refractivity contribution in [2.24, 2.45) is 5.92 Å². The Bertz CT molecular complexity index is 441. The van der Waals surface area contributed by atoms with Crippen LogP contribution in [0.5, 0.6) is 0 Å². The summed E-state index contributed by atoms with van der Waals surface area (Å²) >= 11 is 3.43. The molecule has 1 fully saturated rings. The quantitative estimate of drug-likeness (QED) is 0.823. The van der Waals surface area contributed by atoms with E-state index >= 15 is 0 Å². The second kappa shape index (κ2) is 8.54. The first-order valence-corrected chi connectivity index (χ1v) is 8.67. The third-order valence-electron chi connectivity index (χ3n) is 4.20. The summed E-state index contributed by atoms with van der Waals surface area (Å²) in [7, 11) is 0. The molecule has 1 heterocycles. The molecule has 3 nitrogen and oxygen atoms in total. The number of piperidine rings is 1. The number of halogens is 1. The van der Waals surface area contributed by atoms with Crippen LogP contribution >= 0.6 is 15.9 Å². The van der Waals surface area contributed by atoms with Crippen LogP contribution in [0.25, 0.3) is 0 Å². The number of nitrogens with one attached hydrogen (secondary N) is 2. The highest BCUT2D eigenvalue weighted by Crippen LogP contribution is 2.21. The highest BCUT2D eigenvalue weighted by atomic mass is 79.9. The van der Waals surface area contributed by atoms with Crippen LogP contribution in [0.4, 0.5) is 0 Å². The largest absolute Gasteiger partial charge is 0.356 e. The molecule has 1 aromatic carbocycles. The Labute approximate surface area is 136 Å². The van der Waals surface area contributed by atoms with Gasteiger partial charge < -0.3 is 10.6 Å². The minimum atomic E-state index is 0.161. The van der Waals surface area contributed by atoms with Gasteiger partial charge in [-0.15, -0.1) is 0 Å². The third-order valence-corrected chi connectivity index (χ3v) is 4.73. The van der Waals surface area contributed by atoms with Crippen molar-refractivity contribution in [1.82, 2.24) is 10.6 Å². The lowest BCUT2D eigenvalue weighted by Gasteiger charge is -2.22. The molecule has 0 radical (unpaired) electrons. The smallest absolute Gasteiger partial charge is 0.220 e. The highest BCUT2D eigenvalue weighted by molar-refractivity contribution is 9.10. The van der Waals surface area contributed by atoms with Gasteiger partial charge in [0.05, 0.1) is 0 Å². The molecule has 1 aliphatic rings. The molecule has 2 N–H and O–H groups in total.